The number of aromatic nitrogens is 4. The van der Waals surface area contributed by atoms with Crippen molar-refractivity contribution in [1.29, 1.82) is 0 Å². The van der Waals surface area contributed by atoms with Crippen LogP contribution in [0.5, 0.6) is 0 Å². The molecular weight excluding hydrogens is 367 g/mol. The van der Waals surface area contributed by atoms with E-state index in [2.05, 4.69) is 34.2 Å². The predicted molar refractivity (Wildman–Crippen MR) is 102 cm³/mol. The highest BCUT2D eigenvalue weighted by molar-refractivity contribution is 5.93. The van der Waals surface area contributed by atoms with E-state index in [1.807, 2.05) is 23.0 Å². The van der Waals surface area contributed by atoms with Crippen molar-refractivity contribution in [3.63, 3.8) is 0 Å². The van der Waals surface area contributed by atoms with Crippen molar-refractivity contribution in [3.05, 3.63) is 60.6 Å². The summed E-state index contributed by atoms with van der Waals surface area (Å²) in [4.78, 5) is 7.73. The second-order valence-corrected chi connectivity index (χ2v) is 6.80. The second kappa shape index (κ2) is 6.70. The number of H-pyrrole nitrogens is 1. The van der Waals surface area contributed by atoms with Gasteiger partial charge in [0.25, 0.3) is 0 Å². The van der Waals surface area contributed by atoms with Crippen molar-refractivity contribution >= 4 is 22.4 Å². The van der Waals surface area contributed by atoms with Crippen molar-refractivity contribution in [2.75, 3.05) is 5.32 Å². The Morgan fingerprint density at radius 2 is 1.82 bits per heavy atom. The largest absolute Gasteiger partial charge is 0.416 e. The number of nitrogens with one attached hydrogen (secondary N) is 2. The molecule has 3 aromatic heterocycles. The van der Waals surface area contributed by atoms with Crippen LogP contribution in [0.2, 0.25) is 0 Å². The Bertz CT molecular complexity index is 1110. The number of halogens is 3. The fraction of sp³-hybridized carbons (Fsp3) is 0.200. The monoisotopic (exact) mass is 385 g/mol. The molecule has 4 rings (SSSR count). The van der Waals surface area contributed by atoms with Gasteiger partial charge in [-0.1, -0.05) is 0 Å². The lowest BCUT2D eigenvalue weighted by atomic mass is 10.2. The maximum Gasteiger partial charge on any atom is 0.416 e. The number of rotatable bonds is 4. The minimum absolute atomic E-state index is 0.266. The highest BCUT2D eigenvalue weighted by Crippen LogP contribution is 2.32. The maximum absolute atomic E-state index is 12.7. The van der Waals surface area contributed by atoms with Crippen molar-refractivity contribution in [3.8, 4) is 11.3 Å². The first-order valence-electron chi connectivity index (χ1n) is 8.78. The summed E-state index contributed by atoms with van der Waals surface area (Å²) in [5.41, 5.74) is 3.03. The fourth-order valence-corrected chi connectivity index (χ4v) is 2.92. The van der Waals surface area contributed by atoms with E-state index in [1.54, 1.807) is 12.4 Å². The molecule has 8 heteroatoms. The summed E-state index contributed by atoms with van der Waals surface area (Å²) in [6, 6.07) is 9.01. The zero-order valence-electron chi connectivity index (χ0n) is 15.2. The summed E-state index contributed by atoms with van der Waals surface area (Å²) in [5, 5.41) is 8.31. The SMILES string of the molecule is CC(C)n1cc(-c2ccc3c(Nc4ccc(C(F)(F)F)cc4)c[nH]c3n2)cn1. The molecule has 0 unspecified atom stereocenters. The first-order chi connectivity index (χ1) is 13.3. The van der Waals surface area contributed by atoms with Gasteiger partial charge in [-0.05, 0) is 50.2 Å². The summed E-state index contributed by atoms with van der Waals surface area (Å²) in [7, 11) is 0. The van der Waals surface area contributed by atoms with Crippen LogP contribution >= 0.6 is 0 Å². The first-order valence-corrected chi connectivity index (χ1v) is 8.78. The van der Waals surface area contributed by atoms with Crippen LogP contribution in [0.4, 0.5) is 24.5 Å². The Morgan fingerprint density at radius 3 is 2.46 bits per heavy atom. The summed E-state index contributed by atoms with van der Waals surface area (Å²) in [6.45, 7) is 4.11. The van der Waals surface area contributed by atoms with Gasteiger partial charge in [0.05, 0.1) is 23.1 Å². The molecule has 2 N–H and O–H groups in total. The van der Waals surface area contributed by atoms with E-state index >= 15 is 0 Å². The summed E-state index contributed by atoms with van der Waals surface area (Å²) >= 11 is 0. The standard InChI is InChI=1S/C20H18F3N5/c1-12(2)28-11-13(9-25-28)17-8-7-16-18(10-24-19(16)27-17)26-15-5-3-14(4-6-15)20(21,22)23/h3-12,26H,1-2H3,(H,24,27). The summed E-state index contributed by atoms with van der Waals surface area (Å²) < 4.78 is 39.9. The number of benzene rings is 1. The van der Waals surface area contributed by atoms with Gasteiger partial charge in [-0.3, -0.25) is 4.68 Å². The molecule has 0 spiro atoms. The van der Waals surface area contributed by atoms with E-state index in [0.29, 0.717) is 11.3 Å². The van der Waals surface area contributed by atoms with E-state index in [4.69, 9.17) is 0 Å². The minimum atomic E-state index is -4.34. The molecule has 0 fully saturated rings. The Labute approximate surface area is 159 Å². The number of nitrogens with zero attached hydrogens (tertiary/aromatic N) is 3. The quantitative estimate of drug-likeness (QED) is 0.469. The van der Waals surface area contributed by atoms with E-state index in [0.717, 1.165) is 34.5 Å². The average Bonchev–Trinajstić information content (AvgIpc) is 3.29. The van der Waals surface area contributed by atoms with Gasteiger partial charge in [-0.25, -0.2) is 4.98 Å². The zero-order valence-corrected chi connectivity index (χ0v) is 15.2. The number of hydrogen-bond acceptors (Lipinski definition) is 3. The predicted octanol–water partition coefficient (Wildman–Crippen LogP) is 5.77. The molecule has 0 saturated heterocycles. The molecule has 144 valence electrons. The normalized spacial score (nSPS) is 12.1. The Balaban J connectivity index is 1.59. The molecule has 0 saturated carbocycles. The number of hydrogen-bond donors (Lipinski definition) is 2. The van der Waals surface area contributed by atoms with Gasteiger partial charge in [0, 0.05) is 35.1 Å². The molecule has 0 aliphatic heterocycles. The van der Waals surface area contributed by atoms with Gasteiger partial charge < -0.3 is 10.3 Å². The Hall–Kier alpha value is -3.29. The molecule has 0 aliphatic rings. The van der Waals surface area contributed by atoms with Gasteiger partial charge in [0.15, 0.2) is 0 Å². The van der Waals surface area contributed by atoms with Crippen LogP contribution in [0, 0.1) is 0 Å². The van der Waals surface area contributed by atoms with Crippen LogP contribution in [0.3, 0.4) is 0 Å². The third-order valence-electron chi connectivity index (χ3n) is 4.46. The molecule has 0 radical (unpaired) electrons. The highest BCUT2D eigenvalue weighted by atomic mass is 19.4. The molecule has 0 amide bonds. The lowest BCUT2D eigenvalue weighted by molar-refractivity contribution is -0.137. The van der Waals surface area contributed by atoms with E-state index in [9.17, 15) is 13.2 Å². The van der Waals surface area contributed by atoms with E-state index in [1.165, 1.54) is 12.1 Å². The average molecular weight is 385 g/mol. The Kier molecular flexibility index (Phi) is 4.33. The van der Waals surface area contributed by atoms with Gasteiger partial charge >= 0.3 is 6.18 Å². The zero-order chi connectivity index (χ0) is 19.9. The molecule has 0 bridgehead atoms. The van der Waals surface area contributed by atoms with Crippen LogP contribution in [0.1, 0.15) is 25.5 Å². The van der Waals surface area contributed by atoms with Gasteiger partial charge in [-0.2, -0.15) is 18.3 Å². The number of pyridine rings is 1. The van der Waals surface area contributed by atoms with Crippen molar-refractivity contribution in [2.24, 2.45) is 0 Å². The van der Waals surface area contributed by atoms with E-state index < -0.39 is 11.7 Å². The van der Waals surface area contributed by atoms with Crippen LogP contribution < -0.4 is 5.32 Å². The molecule has 5 nitrogen and oxygen atoms in total. The maximum atomic E-state index is 12.7. The van der Waals surface area contributed by atoms with E-state index in [-0.39, 0.29) is 6.04 Å². The summed E-state index contributed by atoms with van der Waals surface area (Å²) in [5.74, 6) is 0. The Morgan fingerprint density at radius 1 is 1.07 bits per heavy atom. The third kappa shape index (κ3) is 3.45. The molecule has 4 aromatic rings. The van der Waals surface area contributed by atoms with Crippen LogP contribution in [-0.2, 0) is 6.18 Å². The number of fused-ring (bicyclic) bond motifs is 1. The summed E-state index contributed by atoms with van der Waals surface area (Å²) in [6.07, 6.45) is 1.13. The lowest BCUT2D eigenvalue weighted by Crippen LogP contribution is -2.04. The van der Waals surface area contributed by atoms with Crippen molar-refractivity contribution < 1.29 is 13.2 Å². The van der Waals surface area contributed by atoms with Gasteiger partial charge in [-0.15, -0.1) is 0 Å². The van der Waals surface area contributed by atoms with Crippen molar-refractivity contribution in [2.45, 2.75) is 26.1 Å². The minimum Gasteiger partial charge on any atom is -0.354 e. The molecule has 3 heterocycles. The molecule has 0 aliphatic carbocycles. The molecule has 1 aromatic carbocycles. The molecular formula is C20H18F3N5. The third-order valence-corrected chi connectivity index (χ3v) is 4.46. The highest BCUT2D eigenvalue weighted by Gasteiger charge is 2.29. The van der Waals surface area contributed by atoms with Crippen LogP contribution in [0.25, 0.3) is 22.3 Å². The van der Waals surface area contributed by atoms with Crippen LogP contribution in [0.15, 0.2) is 55.0 Å². The molecule has 0 atom stereocenters. The van der Waals surface area contributed by atoms with Crippen molar-refractivity contribution in [1.82, 2.24) is 19.7 Å². The first kappa shape index (κ1) is 18.1. The second-order valence-electron chi connectivity index (χ2n) is 6.80. The molecule has 28 heavy (non-hydrogen) atoms. The number of anilines is 2. The van der Waals surface area contributed by atoms with Gasteiger partial charge in [0.2, 0.25) is 0 Å². The lowest BCUT2D eigenvalue weighted by Gasteiger charge is -2.09. The fourth-order valence-electron chi connectivity index (χ4n) is 2.92. The van der Waals surface area contributed by atoms with Crippen LogP contribution in [-0.4, -0.2) is 19.7 Å². The van der Waals surface area contributed by atoms with Gasteiger partial charge in [0.1, 0.15) is 5.65 Å². The number of alkyl halides is 3. The topological polar surface area (TPSA) is 58.5 Å². The smallest absolute Gasteiger partial charge is 0.354 e. The number of aromatic amines is 1.